The van der Waals surface area contributed by atoms with Gasteiger partial charge in [-0.15, -0.1) is 11.8 Å². The van der Waals surface area contributed by atoms with Crippen molar-refractivity contribution in [1.82, 2.24) is 10.2 Å². The number of nitrogens with one attached hydrogen (secondary N) is 1. The van der Waals surface area contributed by atoms with Gasteiger partial charge in [-0.2, -0.15) is 0 Å². The van der Waals surface area contributed by atoms with Crippen molar-refractivity contribution in [2.24, 2.45) is 5.92 Å². The van der Waals surface area contributed by atoms with Crippen LogP contribution >= 0.6 is 11.8 Å². The second kappa shape index (κ2) is 9.28. The van der Waals surface area contributed by atoms with Crippen LogP contribution in [0.2, 0.25) is 0 Å². The topological polar surface area (TPSA) is 49.4 Å². The van der Waals surface area contributed by atoms with E-state index in [1.807, 2.05) is 49.3 Å². The van der Waals surface area contributed by atoms with Gasteiger partial charge < -0.3 is 10.2 Å². The summed E-state index contributed by atoms with van der Waals surface area (Å²) in [6.45, 7) is 5.73. The van der Waals surface area contributed by atoms with Gasteiger partial charge in [0.15, 0.2) is 0 Å². The lowest BCUT2D eigenvalue weighted by Gasteiger charge is -2.32. The molecule has 0 saturated carbocycles. The zero-order valence-corrected chi connectivity index (χ0v) is 17.6. The van der Waals surface area contributed by atoms with Crippen molar-refractivity contribution in [3.05, 3.63) is 64.7 Å². The van der Waals surface area contributed by atoms with E-state index in [1.165, 1.54) is 4.90 Å². The lowest BCUT2D eigenvalue weighted by molar-refractivity contribution is -0.126. The second-order valence-electron chi connectivity index (χ2n) is 7.53. The number of hydrogen-bond acceptors (Lipinski definition) is 3. The first kappa shape index (κ1) is 20.5. The third kappa shape index (κ3) is 5.16. The van der Waals surface area contributed by atoms with Crippen LogP contribution in [0.5, 0.6) is 0 Å². The number of rotatable bonds is 5. The summed E-state index contributed by atoms with van der Waals surface area (Å²) < 4.78 is 0. The number of thioether (sulfide) groups is 1. The molecule has 0 aliphatic carbocycles. The first-order valence-electron chi connectivity index (χ1n) is 9.74. The van der Waals surface area contributed by atoms with Gasteiger partial charge in [0.05, 0.1) is 5.92 Å². The molecular formula is C23H28N2O2S. The summed E-state index contributed by atoms with van der Waals surface area (Å²) in [5.41, 5.74) is 3.97. The van der Waals surface area contributed by atoms with E-state index in [0.29, 0.717) is 25.2 Å². The fourth-order valence-electron chi connectivity index (χ4n) is 3.73. The monoisotopic (exact) mass is 396 g/mol. The second-order valence-corrected chi connectivity index (χ2v) is 8.41. The zero-order chi connectivity index (χ0) is 20.1. The number of likely N-dealkylation sites (tertiary alicyclic amines) is 1. The summed E-state index contributed by atoms with van der Waals surface area (Å²) in [5.74, 6) is -0.0853. The molecule has 1 aliphatic rings. The predicted molar refractivity (Wildman–Crippen MR) is 115 cm³/mol. The molecule has 3 rings (SSSR count). The Morgan fingerprint density at radius 1 is 1.11 bits per heavy atom. The van der Waals surface area contributed by atoms with E-state index in [2.05, 4.69) is 23.5 Å². The number of nitrogens with zero attached hydrogens (tertiary/aromatic N) is 1. The minimum Gasteiger partial charge on any atom is -0.352 e. The van der Waals surface area contributed by atoms with Gasteiger partial charge in [0, 0.05) is 30.1 Å². The molecule has 2 aromatic rings. The normalized spacial score (nSPS) is 16.7. The third-order valence-electron chi connectivity index (χ3n) is 5.17. The van der Waals surface area contributed by atoms with Crippen molar-refractivity contribution in [3.8, 4) is 0 Å². The molecule has 0 radical (unpaired) electrons. The Hall–Kier alpha value is -2.27. The summed E-state index contributed by atoms with van der Waals surface area (Å²) in [4.78, 5) is 28.6. The molecule has 0 aromatic heterocycles. The molecule has 5 heteroatoms. The maximum Gasteiger partial charge on any atom is 0.253 e. The highest BCUT2D eigenvalue weighted by atomic mass is 32.2. The average molecular weight is 397 g/mol. The first-order valence-corrected chi connectivity index (χ1v) is 11.0. The predicted octanol–water partition coefficient (Wildman–Crippen LogP) is 4.19. The number of piperidine rings is 1. The molecule has 1 aliphatic heterocycles. The minimum absolute atomic E-state index is 0.0250. The van der Waals surface area contributed by atoms with Gasteiger partial charge in [-0.1, -0.05) is 29.3 Å². The van der Waals surface area contributed by atoms with Crippen molar-refractivity contribution in [2.45, 2.75) is 38.1 Å². The quantitative estimate of drug-likeness (QED) is 0.771. The maximum absolute atomic E-state index is 12.9. The fraction of sp³-hybridized carbons (Fsp3) is 0.391. The van der Waals surface area contributed by atoms with Crippen molar-refractivity contribution >= 4 is 23.6 Å². The zero-order valence-electron chi connectivity index (χ0n) is 16.8. The summed E-state index contributed by atoms with van der Waals surface area (Å²) in [7, 11) is 0. The molecule has 4 nitrogen and oxygen atoms in total. The third-order valence-corrected chi connectivity index (χ3v) is 5.92. The van der Waals surface area contributed by atoms with Gasteiger partial charge in [-0.05, 0) is 62.8 Å². The Bertz CT molecular complexity index is 828. The number of carbonyl (C=O) groups is 2. The first-order chi connectivity index (χ1) is 13.5. The Morgan fingerprint density at radius 3 is 2.43 bits per heavy atom. The fourth-order valence-corrected chi connectivity index (χ4v) is 4.14. The van der Waals surface area contributed by atoms with E-state index in [-0.39, 0.29) is 17.7 Å². The number of benzene rings is 2. The van der Waals surface area contributed by atoms with Crippen molar-refractivity contribution in [2.75, 3.05) is 19.3 Å². The van der Waals surface area contributed by atoms with Crippen LogP contribution in [0, 0.1) is 19.8 Å². The largest absolute Gasteiger partial charge is 0.352 e. The molecular weight excluding hydrogens is 368 g/mol. The smallest absolute Gasteiger partial charge is 0.253 e. The van der Waals surface area contributed by atoms with E-state index in [9.17, 15) is 9.59 Å². The highest BCUT2D eigenvalue weighted by Crippen LogP contribution is 2.20. The Kier molecular flexibility index (Phi) is 6.79. The van der Waals surface area contributed by atoms with Crippen molar-refractivity contribution in [3.63, 3.8) is 0 Å². The van der Waals surface area contributed by atoms with E-state index >= 15 is 0 Å². The van der Waals surface area contributed by atoms with Gasteiger partial charge in [0.25, 0.3) is 5.91 Å². The molecule has 1 saturated heterocycles. The summed E-state index contributed by atoms with van der Waals surface area (Å²) in [6.07, 6.45) is 3.73. The van der Waals surface area contributed by atoms with E-state index in [0.717, 1.165) is 29.5 Å². The minimum atomic E-state index is -0.144. The average Bonchev–Trinajstić information content (AvgIpc) is 2.71. The molecule has 1 fully saturated rings. The highest BCUT2D eigenvalue weighted by Gasteiger charge is 2.28. The molecule has 2 aromatic carbocycles. The van der Waals surface area contributed by atoms with Gasteiger partial charge in [0.1, 0.15) is 0 Å². The molecule has 1 heterocycles. The lowest BCUT2D eigenvalue weighted by Crippen LogP contribution is -2.45. The molecule has 0 unspecified atom stereocenters. The summed E-state index contributed by atoms with van der Waals surface area (Å²) in [6, 6.07) is 14.1. The van der Waals surface area contributed by atoms with Gasteiger partial charge in [-0.25, -0.2) is 0 Å². The van der Waals surface area contributed by atoms with E-state index in [4.69, 9.17) is 0 Å². The molecule has 0 spiro atoms. The van der Waals surface area contributed by atoms with Crippen LogP contribution in [0.25, 0.3) is 0 Å². The van der Waals surface area contributed by atoms with Gasteiger partial charge in [0.2, 0.25) is 5.91 Å². The van der Waals surface area contributed by atoms with Crippen LogP contribution in [-0.2, 0) is 11.3 Å². The molecule has 1 atom stereocenters. The Morgan fingerprint density at radius 2 is 1.79 bits per heavy atom. The Balaban J connectivity index is 1.58. The van der Waals surface area contributed by atoms with Crippen LogP contribution in [0.4, 0.5) is 0 Å². The summed E-state index contributed by atoms with van der Waals surface area (Å²) >= 11 is 1.70. The molecule has 148 valence electrons. The molecule has 2 amide bonds. The van der Waals surface area contributed by atoms with Gasteiger partial charge >= 0.3 is 0 Å². The number of hydrogen-bond donors (Lipinski definition) is 1. The number of amides is 2. The van der Waals surface area contributed by atoms with Crippen LogP contribution < -0.4 is 5.32 Å². The standard InChI is InChI=1S/C23H28N2O2S/c1-16-11-17(2)13-20(12-16)23(27)25-10-4-5-19(15-25)22(26)24-14-18-6-8-21(28-3)9-7-18/h6-9,11-13,19H,4-5,10,14-15H2,1-3H3,(H,24,26)/t19-/m1/s1. The lowest BCUT2D eigenvalue weighted by atomic mass is 9.96. The Labute approximate surface area is 171 Å². The van der Waals surface area contributed by atoms with Crippen molar-refractivity contribution < 1.29 is 9.59 Å². The number of aryl methyl sites for hydroxylation is 2. The van der Waals surface area contributed by atoms with Gasteiger partial charge in [-0.3, -0.25) is 9.59 Å². The van der Waals surface area contributed by atoms with Crippen LogP contribution in [0.15, 0.2) is 47.4 Å². The van der Waals surface area contributed by atoms with Crippen molar-refractivity contribution in [1.29, 1.82) is 0 Å². The SMILES string of the molecule is CSc1ccc(CNC(=O)[C@@H]2CCCN(C(=O)c3cc(C)cc(C)c3)C2)cc1. The maximum atomic E-state index is 12.9. The van der Waals surface area contributed by atoms with Crippen LogP contribution in [-0.4, -0.2) is 36.1 Å². The van der Waals surface area contributed by atoms with E-state index < -0.39 is 0 Å². The molecule has 0 bridgehead atoms. The van der Waals surface area contributed by atoms with E-state index in [1.54, 1.807) is 11.8 Å². The highest BCUT2D eigenvalue weighted by molar-refractivity contribution is 7.98. The van der Waals surface area contributed by atoms with Crippen LogP contribution in [0.3, 0.4) is 0 Å². The number of carbonyl (C=O) groups excluding carboxylic acids is 2. The summed E-state index contributed by atoms with van der Waals surface area (Å²) in [5, 5.41) is 3.04. The molecule has 28 heavy (non-hydrogen) atoms. The van der Waals surface area contributed by atoms with Crippen LogP contribution in [0.1, 0.15) is 39.9 Å². The molecule has 1 N–H and O–H groups in total.